The molecule has 0 bridgehead atoms. The number of alkyl halides is 1. The van der Waals surface area contributed by atoms with Gasteiger partial charge in [0.25, 0.3) is 11.8 Å². The second-order valence-electron chi connectivity index (χ2n) is 8.87. The summed E-state index contributed by atoms with van der Waals surface area (Å²) in [5.74, 6) is -1.53. The second kappa shape index (κ2) is 15.8. The molecule has 236 valence electrons. The minimum atomic E-state index is -1.30. The molecule has 0 aromatic carbocycles. The number of β-lactam (4-membered cyclic amide) rings is 1. The molecule has 0 saturated carbocycles. The van der Waals surface area contributed by atoms with Crippen LogP contribution in [0.5, 0.6) is 0 Å². The van der Waals surface area contributed by atoms with Gasteiger partial charge < -0.3 is 31.4 Å². The molecule has 14 nitrogen and oxygen atoms in total. The summed E-state index contributed by atoms with van der Waals surface area (Å²) in [4.78, 5) is 54.1. The van der Waals surface area contributed by atoms with Gasteiger partial charge in [-0.25, -0.2) is 14.2 Å². The van der Waals surface area contributed by atoms with Crippen molar-refractivity contribution in [2.75, 3.05) is 37.1 Å². The zero-order valence-corrected chi connectivity index (χ0v) is 26.6. The number of carboxylic acids is 1. The van der Waals surface area contributed by atoms with Crippen LogP contribution in [0.15, 0.2) is 39.1 Å². The van der Waals surface area contributed by atoms with E-state index < -0.39 is 48.2 Å². The van der Waals surface area contributed by atoms with Gasteiger partial charge in [0.2, 0.25) is 0 Å². The minimum Gasteiger partial charge on any atom is -0.477 e. The van der Waals surface area contributed by atoms with E-state index in [4.69, 9.17) is 27.6 Å². The van der Waals surface area contributed by atoms with Crippen LogP contribution >= 0.6 is 58.2 Å². The second-order valence-corrected chi connectivity index (χ2v) is 13.8. The van der Waals surface area contributed by atoms with Crippen molar-refractivity contribution in [3.63, 3.8) is 0 Å². The summed E-state index contributed by atoms with van der Waals surface area (Å²) in [5.41, 5.74) is 5.82. The summed E-state index contributed by atoms with van der Waals surface area (Å²) < 4.78 is 12.6. The van der Waals surface area contributed by atoms with Crippen LogP contribution in [-0.4, -0.2) is 104 Å². The number of pyridine rings is 1. The number of nitrogens with one attached hydrogen (secondary N) is 3. The standard InChI is InChI=1S/C24H26ClFN8O6S4/c25-19-15(32-24(28)44-19)16(33-40-4-2-26)20(36)31-17-21(37)34-18(23(38)39)14(9-42-22(17)34)43-13-1-3-29-5-11(13)7-41-8-12(6-35)30-10-27/h1,3,5,10,12,17,22,35H,2,4,6-9H2,(H2,27,30)(H2,28,32)(H,31,36)(H,38,39)/b33-16-/t12?,17-,22+/m1/s1. The van der Waals surface area contributed by atoms with Crippen molar-refractivity contribution in [2.45, 2.75) is 28.1 Å². The smallest absolute Gasteiger partial charge is 0.353 e. The van der Waals surface area contributed by atoms with E-state index in [1.807, 2.05) is 0 Å². The first-order valence-electron chi connectivity index (χ1n) is 12.6. The molecule has 2 aromatic rings. The molecule has 2 amide bonds. The molecule has 20 heteroatoms. The molecule has 4 rings (SSSR count). The molecule has 4 heterocycles. The highest BCUT2D eigenvalue weighted by molar-refractivity contribution is 8.06. The number of oxime groups is 1. The van der Waals surface area contributed by atoms with Crippen LogP contribution in [0.25, 0.3) is 0 Å². The molecule has 0 spiro atoms. The SMILES string of the molecule is N=CNC(CO)CSCc1cnccc1SC1=C(C(=O)O)N2C(=O)[C@@H](NC(=O)/C(=N\OCCF)c3nc(N)sc3Cl)[C@@H]2SC1. The van der Waals surface area contributed by atoms with Gasteiger partial charge in [0.15, 0.2) is 10.8 Å². The lowest BCUT2D eigenvalue weighted by Crippen LogP contribution is -2.71. The van der Waals surface area contributed by atoms with Crippen molar-refractivity contribution >= 4 is 93.2 Å². The van der Waals surface area contributed by atoms with E-state index in [0.717, 1.165) is 33.0 Å². The first-order valence-corrected chi connectivity index (χ1v) is 16.9. The van der Waals surface area contributed by atoms with Gasteiger partial charge >= 0.3 is 5.97 Å². The van der Waals surface area contributed by atoms with Crippen LogP contribution in [0.4, 0.5) is 9.52 Å². The molecule has 3 atom stereocenters. The van der Waals surface area contributed by atoms with E-state index in [1.165, 1.54) is 35.3 Å². The Morgan fingerprint density at radius 2 is 2.25 bits per heavy atom. The molecule has 0 aliphatic carbocycles. The number of carboxylic acid groups (broad SMARTS) is 1. The van der Waals surface area contributed by atoms with Gasteiger partial charge in [-0.1, -0.05) is 39.9 Å². The Labute approximate surface area is 271 Å². The summed E-state index contributed by atoms with van der Waals surface area (Å²) >= 11 is 11.0. The molecule has 2 aliphatic heterocycles. The Balaban J connectivity index is 1.49. The third kappa shape index (κ3) is 7.75. The Hall–Kier alpha value is -3.10. The van der Waals surface area contributed by atoms with Crippen LogP contribution < -0.4 is 16.4 Å². The fourth-order valence-corrected chi connectivity index (χ4v) is 8.66. The third-order valence-corrected chi connectivity index (χ3v) is 10.9. The summed E-state index contributed by atoms with van der Waals surface area (Å²) in [6.45, 7) is -1.43. The number of carbonyl (C=O) groups excluding carboxylic acids is 2. The highest BCUT2D eigenvalue weighted by Gasteiger charge is 2.54. The summed E-state index contributed by atoms with van der Waals surface area (Å²) in [6, 6.07) is 0.383. The van der Waals surface area contributed by atoms with Crippen molar-refractivity contribution in [1.82, 2.24) is 25.5 Å². The zero-order chi connectivity index (χ0) is 31.8. The summed E-state index contributed by atoms with van der Waals surface area (Å²) in [6.07, 6.45) is 4.28. The number of nitrogen functional groups attached to an aromatic ring is 1. The average Bonchev–Trinajstić information content (AvgIpc) is 3.34. The van der Waals surface area contributed by atoms with E-state index in [1.54, 1.807) is 18.5 Å². The number of rotatable bonds is 16. The van der Waals surface area contributed by atoms with E-state index in [2.05, 4.69) is 25.8 Å². The molecule has 2 aromatic heterocycles. The summed E-state index contributed by atoms with van der Waals surface area (Å²) in [5, 5.41) is 35.0. The lowest BCUT2D eigenvalue weighted by Gasteiger charge is -2.49. The number of aliphatic hydroxyl groups is 1. The Bertz CT molecular complexity index is 1480. The monoisotopic (exact) mass is 704 g/mol. The average molecular weight is 705 g/mol. The van der Waals surface area contributed by atoms with Crippen molar-refractivity contribution in [3.05, 3.63) is 44.7 Å². The largest absolute Gasteiger partial charge is 0.477 e. The van der Waals surface area contributed by atoms with Crippen LogP contribution in [0.2, 0.25) is 4.34 Å². The number of nitrogens with zero attached hydrogens (tertiary/aromatic N) is 4. The van der Waals surface area contributed by atoms with Gasteiger partial charge in [-0.3, -0.25) is 24.9 Å². The number of carbonyl (C=O) groups is 3. The number of amides is 2. The number of anilines is 1. The number of fused-ring (bicyclic) bond motifs is 1. The van der Waals surface area contributed by atoms with Gasteiger partial charge in [0.05, 0.1) is 19.0 Å². The number of hydrogen-bond acceptors (Lipinski definition) is 14. The molecule has 0 radical (unpaired) electrons. The molecular formula is C24H26ClFN8O6S4. The maximum absolute atomic E-state index is 13.2. The quantitative estimate of drug-likeness (QED) is 0.0483. The third-order valence-electron chi connectivity index (χ3n) is 6.00. The highest BCUT2D eigenvalue weighted by atomic mass is 35.5. The molecular weight excluding hydrogens is 679 g/mol. The molecule has 44 heavy (non-hydrogen) atoms. The number of hydrogen-bond donors (Lipinski definition) is 6. The maximum Gasteiger partial charge on any atom is 0.353 e. The van der Waals surface area contributed by atoms with Crippen LogP contribution in [0.1, 0.15) is 11.3 Å². The van der Waals surface area contributed by atoms with Crippen molar-refractivity contribution < 1.29 is 33.8 Å². The molecule has 1 unspecified atom stereocenters. The van der Waals surface area contributed by atoms with E-state index in [9.17, 15) is 29.0 Å². The first-order chi connectivity index (χ1) is 21.2. The molecule has 1 fully saturated rings. The first kappa shape index (κ1) is 33.8. The van der Waals surface area contributed by atoms with Crippen LogP contribution in [0.3, 0.4) is 0 Å². The number of halogens is 2. The molecule has 7 N–H and O–H groups in total. The fraction of sp³-hybridized carbons (Fsp3) is 0.375. The Kier molecular flexibility index (Phi) is 12.1. The number of thioether (sulfide) groups is 3. The van der Waals surface area contributed by atoms with E-state index in [0.29, 0.717) is 16.4 Å². The number of aromatic nitrogens is 2. The Morgan fingerprint density at radius 1 is 1.45 bits per heavy atom. The predicted octanol–water partition coefficient (Wildman–Crippen LogP) is 1.74. The van der Waals surface area contributed by atoms with Crippen LogP contribution in [-0.2, 0) is 25.0 Å². The zero-order valence-electron chi connectivity index (χ0n) is 22.6. The van der Waals surface area contributed by atoms with Crippen molar-refractivity contribution in [2.24, 2.45) is 5.16 Å². The number of aliphatic hydroxyl groups excluding tert-OH is 1. The lowest BCUT2D eigenvalue weighted by molar-refractivity contribution is -0.150. The summed E-state index contributed by atoms with van der Waals surface area (Å²) in [7, 11) is 0. The number of nitrogens with two attached hydrogens (primary N) is 1. The van der Waals surface area contributed by atoms with Gasteiger partial charge in [0.1, 0.15) is 40.4 Å². The number of thiazole rings is 1. The van der Waals surface area contributed by atoms with Gasteiger partial charge in [-0.05, 0) is 11.6 Å². The fourth-order valence-electron chi connectivity index (χ4n) is 4.02. The van der Waals surface area contributed by atoms with E-state index in [-0.39, 0.29) is 39.3 Å². The van der Waals surface area contributed by atoms with Gasteiger partial charge in [-0.15, -0.1) is 11.8 Å². The lowest BCUT2D eigenvalue weighted by atomic mass is 10.0. The minimum absolute atomic E-state index is 0.0386. The topological polar surface area (TPSA) is 216 Å². The molecule has 2 aliphatic rings. The van der Waals surface area contributed by atoms with E-state index >= 15 is 0 Å². The predicted molar refractivity (Wildman–Crippen MR) is 169 cm³/mol. The number of aliphatic carboxylic acids is 1. The normalized spacial score (nSPS) is 18.8. The van der Waals surface area contributed by atoms with Gasteiger partial charge in [0, 0.05) is 39.5 Å². The maximum atomic E-state index is 13.2. The van der Waals surface area contributed by atoms with Gasteiger partial charge in [-0.2, -0.15) is 11.8 Å². The molecule has 1 saturated heterocycles. The van der Waals surface area contributed by atoms with Crippen molar-refractivity contribution in [3.8, 4) is 0 Å². The van der Waals surface area contributed by atoms with Crippen LogP contribution in [0, 0.1) is 5.41 Å². The van der Waals surface area contributed by atoms with Crippen molar-refractivity contribution in [1.29, 1.82) is 5.41 Å². The Morgan fingerprint density at radius 3 is 2.91 bits per heavy atom. The highest BCUT2D eigenvalue weighted by Crippen LogP contribution is 2.46.